The van der Waals surface area contributed by atoms with Gasteiger partial charge in [0.2, 0.25) is 0 Å². The molecule has 2 heteroatoms. The Balaban J connectivity index is 1.82. The van der Waals surface area contributed by atoms with E-state index >= 15 is 0 Å². The fourth-order valence-corrected chi connectivity index (χ4v) is 3.24. The van der Waals surface area contributed by atoms with Crippen LogP contribution in [0.15, 0.2) is 0 Å². The lowest BCUT2D eigenvalue weighted by Crippen LogP contribution is -2.58. The zero-order chi connectivity index (χ0) is 12.0. The first kappa shape index (κ1) is 12.4. The summed E-state index contributed by atoms with van der Waals surface area (Å²) < 4.78 is 0. The lowest BCUT2D eigenvalue weighted by atomic mass is 9.70. The Labute approximate surface area is 100 Å². The van der Waals surface area contributed by atoms with Crippen molar-refractivity contribution in [3.8, 4) is 0 Å². The van der Waals surface area contributed by atoms with Gasteiger partial charge in [0.25, 0.3) is 0 Å². The SMILES string of the molecule is CC1(C)CCC(O)(CN2CC(C)(C)C2)CC1. The number of aliphatic hydroxyl groups is 1. The van der Waals surface area contributed by atoms with E-state index in [9.17, 15) is 5.11 Å². The molecule has 2 fully saturated rings. The van der Waals surface area contributed by atoms with Gasteiger partial charge in [-0.15, -0.1) is 0 Å². The van der Waals surface area contributed by atoms with Crippen LogP contribution in [-0.2, 0) is 0 Å². The van der Waals surface area contributed by atoms with Crippen LogP contribution in [0.1, 0.15) is 53.4 Å². The predicted molar refractivity (Wildman–Crippen MR) is 67.4 cm³/mol. The van der Waals surface area contributed by atoms with Crippen molar-refractivity contribution in [2.24, 2.45) is 10.8 Å². The maximum atomic E-state index is 10.6. The fourth-order valence-electron chi connectivity index (χ4n) is 3.24. The number of hydrogen-bond acceptors (Lipinski definition) is 2. The topological polar surface area (TPSA) is 23.5 Å². The van der Waals surface area contributed by atoms with Gasteiger partial charge in [-0.05, 0) is 36.5 Å². The van der Waals surface area contributed by atoms with E-state index in [0.29, 0.717) is 10.8 Å². The number of rotatable bonds is 2. The van der Waals surface area contributed by atoms with Crippen molar-refractivity contribution < 1.29 is 5.11 Å². The molecule has 1 N–H and O–H groups in total. The molecule has 1 saturated heterocycles. The number of hydrogen-bond donors (Lipinski definition) is 1. The Morgan fingerprint density at radius 1 is 0.875 bits per heavy atom. The third kappa shape index (κ3) is 2.78. The summed E-state index contributed by atoms with van der Waals surface area (Å²) in [5.41, 5.74) is 0.525. The van der Waals surface area contributed by atoms with Crippen molar-refractivity contribution in [2.75, 3.05) is 19.6 Å². The Morgan fingerprint density at radius 2 is 1.38 bits per heavy atom. The molecule has 0 atom stereocenters. The molecule has 0 bridgehead atoms. The molecule has 0 aromatic carbocycles. The van der Waals surface area contributed by atoms with Gasteiger partial charge in [-0.25, -0.2) is 0 Å². The third-order valence-electron chi connectivity index (χ3n) is 4.36. The van der Waals surface area contributed by atoms with Gasteiger partial charge in [0.1, 0.15) is 0 Å². The molecular weight excluding hydrogens is 198 g/mol. The summed E-state index contributed by atoms with van der Waals surface area (Å²) in [5.74, 6) is 0. The minimum atomic E-state index is -0.397. The predicted octanol–water partition coefficient (Wildman–Crippen LogP) is 2.66. The fraction of sp³-hybridized carbons (Fsp3) is 1.00. The van der Waals surface area contributed by atoms with Crippen LogP contribution in [-0.4, -0.2) is 35.2 Å². The second-order valence-corrected chi connectivity index (χ2v) is 7.70. The molecule has 0 amide bonds. The first-order valence-corrected chi connectivity index (χ1v) is 6.65. The van der Waals surface area contributed by atoms with E-state index in [-0.39, 0.29) is 0 Å². The van der Waals surface area contributed by atoms with Crippen LogP contribution in [0, 0.1) is 10.8 Å². The minimum absolute atomic E-state index is 0.397. The average Bonchev–Trinajstić information content (AvgIpc) is 2.08. The van der Waals surface area contributed by atoms with Crippen LogP contribution in [0.4, 0.5) is 0 Å². The summed E-state index contributed by atoms with van der Waals surface area (Å²) in [6.07, 6.45) is 4.30. The van der Waals surface area contributed by atoms with E-state index in [2.05, 4.69) is 32.6 Å². The largest absolute Gasteiger partial charge is 0.389 e. The molecule has 2 nitrogen and oxygen atoms in total. The van der Waals surface area contributed by atoms with Gasteiger partial charge in [0.15, 0.2) is 0 Å². The number of likely N-dealkylation sites (tertiary alicyclic amines) is 1. The molecule has 0 aromatic heterocycles. The van der Waals surface area contributed by atoms with E-state index < -0.39 is 5.60 Å². The number of nitrogens with zero attached hydrogens (tertiary/aromatic N) is 1. The summed E-state index contributed by atoms with van der Waals surface area (Å²) in [7, 11) is 0. The van der Waals surface area contributed by atoms with Crippen molar-refractivity contribution in [3.05, 3.63) is 0 Å². The Kier molecular flexibility index (Phi) is 2.87. The zero-order valence-electron chi connectivity index (χ0n) is 11.3. The van der Waals surface area contributed by atoms with Crippen molar-refractivity contribution in [3.63, 3.8) is 0 Å². The van der Waals surface area contributed by atoms with Crippen LogP contribution in [0.25, 0.3) is 0 Å². The third-order valence-corrected chi connectivity index (χ3v) is 4.36. The molecule has 1 saturated carbocycles. The van der Waals surface area contributed by atoms with Gasteiger partial charge in [-0.3, -0.25) is 4.90 Å². The highest BCUT2D eigenvalue weighted by atomic mass is 16.3. The Hall–Kier alpha value is -0.0800. The highest BCUT2D eigenvalue weighted by molar-refractivity contribution is 4.96. The molecule has 2 aliphatic rings. The van der Waals surface area contributed by atoms with E-state index in [4.69, 9.17) is 0 Å². The van der Waals surface area contributed by atoms with Gasteiger partial charge >= 0.3 is 0 Å². The highest BCUT2D eigenvalue weighted by Gasteiger charge is 2.42. The van der Waals surface area contributed by atoms with E-state index in [1.165, 1.54) is 12.8 Å². The quantitative estimate of drug-likeness (QED) is 0.781. The molecule has 0 radical (unpaired) electrons. The average molecular weight is 225 g/mol. The minimum Gasteiger partial charge on any atom is -0.389 e. The number of β-amino-alcohol motifs (C(OH)–C–C–N with tert-alkyl or cyclic N) is 1. The monoisotopic (exact) mass is 225 g/mol. The molecule has 1 aliphatic heterocycles. The summed E-state index contributed by atoms with van der Waals surface area (Å²) >= 11 is 0. The smallest absolute Gasteiger partial charge is 0.0774 e. The normalized spacial score (nSPS) is 32.1. The Morgan fingerprint density at radius 3 is 1.81 bits per heavy atom. The van der Waals surface area contributed by atoms with Crippen LogP contribution in [0.3, 0.4) is 0 Å². The summed E-state index contributed by atoms with van der Waals surface area (Å²) in [5, 5.41) is 10.6. The van der Waals surface area contributed by atoms with Gasteiger partial charge in [-0.2, -0.15) is 0 Å². The summed E-state index contributed by atoms with van der Waals surface area (Å²) in [6, 6.07) is 0. The molecule has 0 aromatic rings. The van der Waals surface area contributed by atoms with Gasteiger partial charge < -0.3 is 5.11 Å². The molecule has 94 valence electrons. The van der Waals surface area contributed by atoms with Crippen LogP contribution >= 0.6 is 0 Å². The molecule has 1 heterocycles. The van der Waals surface area contributed by atoms with Crippen LogP contribution in [0.2, 0.25) is 0 Å². The second kappa shape index (κ2) is 3.71. The van der Waals surface area contributed by atoms with Gasteiger partial charge in [-0.1, -0.05) is 27.7 Å². The van der Waals surface area contributed by atoms with Crippen LogP contribution in [0.5, 0.6) is 0 Å². The summed E-state index contributed by atoms with van der Waals surface area (Å²) in [6.45, 7) is 12.4. The zero-order valence-corrected chi connectivity index (χ0v) is 11.3. The van der Waals surface area contributed by atoms with Gasteiger partial charge in [0, 0.05) is 19.6 Å². The standard InChI is InChI=1S/C14H27NO/c1-12(2)5-7-14(16,8-6-12)11-15-9-13(3,4)10-15/h16H,5-11H2,1-4H3. The molecule has 1 aliphatic carbocycles. The molecule has 16 heavy (non-hydrogen) atoms. The van der Waals surface area contributed by atoms with E-state index in [1.807, 2.05) is 0 Å². The van der Waals surface area contributed by atoms with Crippen molar-refractivity contribution in [2.45, 2.75) is 59.0 Å². The molecule has 0 unspecified atom stereocenters. The summed E-state index contributed by atoms with van der Waals surface area (Å²) in [4.78, 5) is 2.42. The Bertz CT molecular complexity index is 252. The molecule has 0 spiro atoms. The molecule has 2 rings (SSSR count). The lowest BCUT2D eigenvalue weighted by molar-refractivity contribution is -0.0855. The van der Waals surface area contributed by atoms with Crippen LogP contribution < -0.4 is 0 Å². The lowest BCUT2D eigenvalue weighted by Gasteiger charge is -2.50. The highest BCUT2D eigenvalue weighted by Crippen LogP contribution is 2.41. The van der Waals surface area contributed by atoms with E-state index in [1.54, 1.807) is 0 Å². The van der Waals surface area contributed by atoms with Gasteiger partial charge in [0.05, 0.1) is 5.60 Å². The van der Waals surface area contributed by atoms with E-state index in [0.717, 1.165) is 32.5 Å². The molecular formula is C14H27NO. The first-order chi connectivity index (χ1) is 7.20. The van der Waals surface area contributed by atoms with Crippen molar-refractivity contribution >= 4 is 0 Å². The maximum Gasteiger partial charge on any atom is 0.0774 e. The van der Waals surface area contributed by atoms with Crippen molar-refractivity contribution in [1.82, 2.24) is 4.90 Å². The maximum absolute atomic E-state index is 10.6. The first-order valence-electron chi connectivity index (χ1n) is 6.65. The second-order valence-electron chi connectivity index (χ2n) is 7.70. The van der Waals surface area contributed by atoms with Crippen molar-refractivity contribution in [1.29, 1.82) is 0 Å².